The van der Waals surface area contributed by atoms with Crippen molar-refractivity contribution >= 4 is 11.7 Å². The Kier molecular flexibility index (Phi) is 4.66. The van der Waals surface area contributed by atoms with E-state index < -0.39 is 0 Å². The number of amides is 2. The van der Waals surface area contributed by atoms with E-state index in [-0.39, 0.29) is 6.03 Å². The third-order valence-electron chi connectivity index (χ3n) is 2.82. The van der Waals surface area contributed by atoms with Crippen molar-refractivity contribution in [1.29, 1.82) is 0 Å². The predicted molar refractivity (Wildman–Crippen MR) is 82.2 cm³/mol. The summed E-state index contributed by atoms with van der Waals surface area (Å²) in [5.41, 5.74) is 0.618. The van der Waals surface area contributed by atoms with Crippen molar-refractivity contribution in [2.75, 3.05) is 26.5 Å². The molecule has 0 spiro atoms. The second kappa shape index (κ2) is 6.65. The molecule has 2 amide bonds. The van der Waals surface area contributed by atoms with Crippen molar-refractivity contribution in [3.8, 4) is 17.2 Å². The lowest BCUT2D eigenvalue weighted by Gasteiger charge is -2.15. The summed E-state index contributed by atoms with van der Waals surface area (Å²) < 4.78 is 10.9. The standard InChI is InChI=1S/C16H18N2O3/c1-18(2)16(19)17-14-6-4-5-7-15(14)21-13-10-8-12(20-3)9-11-13/h4-11H,1-3H3,(H,17,19). The van der Waals surface area contributed by atoms with Gasteiger partial charge in [-0.3, -0.25) is 0 Å². The molecule has 0 unspecified atom stereocenters. The second-order valence-electron chi connectivity index (χ2n) is 4.60. The quantitative estimate of drug-likeness (QED) is 0.934. The summed E-state index contributed by atoms with van der Waals surface area (Å²) in [5.74, 6) is 2.01. The molecule has 0 saturated carbocycles. The normalized spacial score (nSPS) is 9.86. The van der Waals surface area contributed by atoms with E-state index in [4.69, 9.17) is 9.47 Å². The molecule has 2 aromatic carbocycles. The molecule has 0 aliphatic rings. The molecule has 0 fully saturated rings. The van der Waals surface area contributed by atoms with Crippen molar-refractivity contribution in [3.05, 3.63) is 48.5 Å². The summed E-state index contributed by atoms with van der Waals surface area (Å²) >= 11 is 0. The van der Waals surface area contributed by atoms with Crippen LogP contribution < -0.4 is 14.8 Å². The van der Waals surface area contributed by atoms with Crippen molar-refractivity contribution in [3.63, 3.8) is 0 Å². The first-order valence-corrected chi connectivity index (χ1v) is 6.49. The molecule has 0 aliphatic carbocycles. The van der Waals surface area contributed by atoms with Gasteiger partial charge < -0.3 is 19.7 Å². The molecule has 2 rings (SSSR count). The summed E-state index contributed by atoms with van der Waals surface area (Å²) in [4.78, 5) is 13.2. The number of hydrogen-bond acceptors (Lipinski definition) is 3. The number of hydrogen-bond donors (Lipinski definition) is 1. The van der Waals surface area contributed by atoms with Gasteiger partial charge in [0, 0.05) is 14.1 Å². The first kappa shape index (κ1) is 14.7. The van der Waals surface area contributed by atoms with Crippen LogP contribution in [-0.2, 0) is 0 Å². The van der Waals surface area contributed by atoms with Gasteiger partial charge in [-0.2, -0.15) is 0 Å². The van der Waals surface area contributed by atoms with Gasteiger partial charge in [0.05, 0.1) is 12.8 Å². The fourth-order valence-electron chi connectivity index (χ4n) is 1.66. The summed E-state index contributed by atoms with van der Waals surface area (Å²) in [5, 5.41) is 2.79. The molecule has 0 radical (unpaired) electrons. The molecule has 0 saturated heterocycles. The molecule has 21 heavy (non-hydrogen) atoms. The van der Waals surface area contributed by atoms with E-state index in [9.17, 15) is 4.79 Å². The van der Waals surface area contributed by atoms with E-state index in [1.54, 1.807) is 33.3 Å². The molecule has 0 bridgehead atoms. The lowest BCUT2D eigenvalue weighted by atomic mass is 10.3. The first-order valence-electron chi connectivity index (χ1n) is 6.49. The summed E-state index contributed by atoms with van der Waals surface area (Å²) in [6.45, 7) is 0. The Balaban J connectivity index is 2.17. The third-order valence-corrected chi connectivity index (χ3v) is 2.82. The number of benzene rings is 2. The summed E-state index contributed by atoms with van der Waals surface area (Å²) in [7, 11) is 4.98. The van der Waals surface area contributed by atoms with Crippen LogP contribution in [0, 0.1) is 0 Å². The molecule has 1 N–H and O–H groups in total. The highest BCUT2D eigenvalue weighted by atomic mass is 16.5. The van der Waals surface area contributed by atoms with Crippen LogP contribution in [0.5, 0.6) is 17.2 Å². The Labute approximate surface area is 124 Å². The molecule has 0 aliphatic heterocycles. The number of carbonyl (C=O) groups is 1. The predicted octanol–water partition coefficient (Wildman–Crippen LogP) is 3.58. The fraction of sp³-hybridized carbons (Fsp3) is 0.188. The Morgan fingerprint density at radius 1 is 1.00 bits per heavy atom. The van der Waals surface area contributed by atoms with Crippen LogP contribution in [0.15, 0.2) is 48.5 Å². The van der Waals surface area contributed by atoms with Crippen LogP contribution in [0.4, 0.5) is 10.5 Å². The van der Waals surface area contributed by atoms with Gasteiger partial charge in [-0.1, -0.05) is 12.1 Å². The SMILES string of the molecule is COc1ccc(Oc2ccccc2NC(=O)N(C)C)cc1. The van der Waals surface area contributed by atoms with E-state index in [2.05, 4.69) is 5.32 Å². The molecule has 2 aromatic rings. The zero-order valence-corrected chi connectivity index (χ0v) is 12.3. The number of methoxy groups -OCH3 is 1. The molecular weight excluding hydrogens is 268 g/mol. The van der Waals surface area contributed by atoms with Crippen LogP contribution >= 0.6 is 0 Å². The maximum absolute atomic E-state index is 11.7. The number of rotatable bonds is 4. The molecule has 0 heterocycles. The molecule has 5 heteroatoms. The Hall–Kier alpha value is -2.69. The number of ether oxygens (including phenoxy) is 2. The van der Waals surface area contributed by atoms with Crippen molar-refractivity contribution < 1.29 is 14.3 Å². The first-order chi connectivity index (χ1) is 10.1. The van der Waals surface area contributed by atoms with Crippen LogP contribution in [-0.4, -0.2) is 32.1 Å². The molecule has 110 valence electrons. The van der Waals surface area contributed by atoms with Gasteiger partial charge in [0.25, 0.3) is 0 Å². The lowest BCUT2D eigenvalue weighted by molar-refractivity contribution is 0.230. The van der Waals surface area contributed by atoms with Gasteiger partial charge in [0.15, 0.2) is 5.75 Å². The van der Waals surface area contributed by atoms with Gasteiger partial charge >= 0.3 is 6.03 Å². The topological polar surface area (TPSA) is 50.8 Å². The van der Waals surface area contributed by atoms with Gasteiger partial charge in [0.2, 0.25) is 0 Å². The molecular formula is C16H18N2O3. The fourth-order valence-corrected chi connectivity index (χ4v) is 1.66. The molecule has 0 aromatic heterocycles. The zero-order chi connectivity index (χ0) is 15.2. The summed E-state index contributed by atoms with van der Waals surface area (Å²) in [6, 6.07) is 14.3. The van der Waals surface area contributed by atoms with E-state index in [1.165, 1.54) is 4.90 Å². The Morgan fingerprint density at radius 2 is 1.62 bits per heavy atom. The highest BCUT2D eigenvalue weighted by molar-refractivity contribution is 5.90. The smallest absolute Gasteiger partial charge is 0.321 e. The van der Waals surface area contributed by atoms with Gasteiger partial charge in [-0.25, -0.2) is 4.79 Å². The number of carbonyl (C=O) groups excluding carboxylic acids is 1. The summed E-state index contributed by atoms with van der Waals surface area (Å²) in [6.07, 6.45) is 0. The molecule has 5 nitrogen and oxygen atoms in total. The van der Waals surface area contributed by atoms with E-state index in [0.717, 1.165) is 5.75 Å². The van der Waals surface area contributed by atoms with E-state index in [1.807, 2.05) is 36.4 Å². The minimum atomic E-state index is -0.208. The van der Waals surface area contributed by atoms with Crippen molar-refractivity contribution in [2.45, 2.75) is 0 Å². The van der Waals surface area contributed by atoms with Crippen LogP contribution in [0.25, 0.3) is 0 Å². The highest BCUT2D eigenvalue weighted by Crippen LogP contribution is 2.30. The highest BCUT2D eigenvalue weighted by Gasteiger charge is 2.09. The molecule has 0 atom stereocenters. The lowest BCUT2D eigenvalue weighted by Crippen LogP contribution is -2.27. The Morgan fingerprint density at radius 3 is 2.24 bits per heavy atom. The average Bonchev–Trinajstić information content (AvgIpc) is 2.50. The van der Waals surface area contributed by atoms with Gasteiger partial charge in [-0.15, -0.1) is 0 Å². The van der Waals surface area contributed by atoms with Crippen molar-refractivity contribution in [1.82, 2.24) is 4.90 Å². The number of nitrogens with zero attached hydrogens (tertiary/aromatic N) is 1. The largest absolute Gasteiger partial charge is 0.497 e. The van der Waals surface area contributed by atoms with E-state index in [0.29, 0.717) is 17.2 Å². The monoisotopic (exact) mass is 286 g/mol. The number of nitrogens with one attached hydrogen (secondary N) is 1. The minimum absolute atomic E-state index is 0.208. The van der Waals surface area contributed by atoms with Crippen molar-refractivity contribution in [2.24, 2.45) is 0 Å². The number of anilines is 1. The maximum atomic E-state index is 11.7. The third kappa shape index (κ3) is 3.89. The zero-order valence-electron chi connectivity index (χ0n) is 12.3. The van der Waals surface area contributed by atoms with Crippen LogP contribution in [0.3, 0.4) is 0 Å². The van der Waals surface area contributed by atoms with E-state index >= 15 is 0 Å². The number of urea groups is 1. The van der Waals surface area contributed by atoms with Gasteiger partial charge in [-0.05, 0) is 36.4 Å². The van der Waals surface area contributed by atoms with Crippen LogP contribution in [0.1, 0.15) is 0 Å². The number of para-hydroxylation sites is 2. The van der Waals surface area contributed by atoms with Gasteiger partial charge in [0.1, 0.15) is 11.5 Å². The average molecular weight is 286 g/mol. The Bertz CT molecular complexity index is 609. The maximum Gasteiger partial charge on any atom is 0.321 e. The van der Waals surface area contributed by atoms with Crippen LogP contribution in [0.2, 0.25) is 0 Å². The second-order valence-corrected chi connectivity index (χ2v) is 4.60. The minimum Gasteiger partial charge on any atom is -0.497 e.